The molecule has 4 aromatic rings. The molecular formula is C30H27NO5. The van der Waals surface area contributed by atoms with Crippen LogP contribution in [0.1, 0.15) is 47.1 Å². The summed E-state index contributed by atoms with van der Waals surface area (Å²) in [7, 11) is 0. The summed E-state index contributed by atoms with van der Waals surface area (Å²) >= 11 is 0. The molecule has 1 atom stereocenters. The number of Topliss-reactive ketones (excluding diaryl/α,β-unsaturated/α-hetero) is 1. The molecule has 1 aromatic heterocycles. The second-order valence-electron chi connectivity index (χ2n) is 9.33. The summed E-state index contributed by atoms with van der Waals surface area (Å²) in [6.07, 6.45) is -0.0538. The normalized spacial score (nSPS) is 15.9. The Morgan fingerprint density at radius 3 is 2.47 bits per heavy atom. The average molecular weight is 482 g/mol. The van der Waals surface area contributed by atoms with E-state index in [0.717, 1.165) is 16.5 Å². The number of fused-ring (bicyclic) bond motifs is 1. The zero-order valence-corrected chi connectivity index (χ0v) is 20.6. The van der Waals surface area contributed by atoms with E-state index >= 15 is 0 Å². The van der Waals surface area contributed by atoms with Crippen molar-refractivity contribution >= 4 is 28.3 Å². The highest BCUT2D eigenvalue weighted by Gasteiger charge is 2.45. The van der Waals surface area contributed by atoms with Gasteiger partial charge in [0.1, 0.15) is 11.3 Å². The first-order chi connectivity index (χ1) is 17.2. The lowest BCUT2D eigenvalue weighted by Crippen LogP contribution is -2.31. The van der Waals surface area contributed by atoms with Crippen LogP contribution < -0.4 is 9.64 Å². The molecule has 0 spiro atoms. The van der Waals surface area contributed by atoms with Gasteiger partial charge in [-0.2, -0.15) is 0 Å². The van der Waals surface area contributed by atoms with Gasteiger partial charge in [0, 0.05) is 11.1 Å². The molecule has 6 nitrogen and oxygen atoms in total. The number of anilines is 1. The smallest absolute Gasteiger partial charge is 0.294 e. The number of ketones is 1. The van der Waals surface area contributed by atoms with Crippen molar-refractivity contribution < 1.29 is 23.8 Å². The molecule has 36 heavy (non-hydrogen) atoms. The van der Waals surface area contributed by atoms with Crippen molar-refractivity contribution in [2.75, 3.05) is 4.90 Å². The lowest BCUT2D eigenvalue weighted by atomic mass is 9.94. The number of hydrogen-bond acceptors (Lipinski definition) is 5. The second-order valence-corrected chi connectivity index (χ2v) is 9.33. The first kappa shape index (κ1) is 23.4. The van der Waals surface area contributed by atoms with Gasteiger partial charge in [0.2, 0.25) is 5.78 Å². The van der Waals surface area contributed by atoms with Gasteiger partial charge in [-0.25, -0.2) is 0 Å². The minimum Gasteiger partial charge on any atom is -0.503 e. The number of benzene rings is 3. The summed E-state index contributed by atoms with van der Waals surface area (Å²) in [5.74, 6) is -1.09. The molecule has 5 rings (SSSR count). The predicted octanol–water partition coefficient (Wildman–Crippen LogP) is 6.62. The lowest BCUT2D eigenvalue weighted by molar-refractivity contribution is -0.117. The largest absolute Gasteiger partial charge is 0.503 e. The van der Waals surface area contributed by atoms with Crippen LogP contribution in [0, 0.1) is 13.8 Å². The molecule has 0 saturated carbocycles. The van der Waals surface area contributed by atoms with Crippen LogP contribution in [-0.4, -0.2) is 22.9 Å². The Kier molecular flexibility index (Phi) is 5.88. The van der Waals surface area contributed by atoms with E-state index in [1.54, 1.807) is 18.2 Å². The van der Waals surface area contributed by atoms with E-state index in [0.29, 0.717) is 22.6 Å². The minimum atomic E-state index is -0.865. The molecule has 3 aromatic carbocycles. The average Bonchev–Trinajstić information content (AvgIpc) is 3.39. The fourth-order valence-corrected chi connectivity index (χ4v) is 4.55. The van der Waals surface area contributed by atoms with Crippen molar-refractivity contribution in [1.82, 2.24) is 0 Å². The molecule has 1 aliphatic heterocycles. The predicted molar refractivity (Wildman–Crippen MR) is 139 cm³/mol. The number of rotatable bonds is 6. The van der Waals surface area contributed by atoms with Crippen LogP contribution in [0.4, 0.5) is 5.69 Å². The Morgan fingerprint density at radius 2 is 1.75 bits per heavy atom. The topological polar surface area (TPSA) is 80.0 Å². The third-order valence-corrected chi connectivity index (χ3v) is 6.42. The van der Waals surface area contributed by atoms with Gasteiger partial charge in [0.15, 0.2) is 11.5 Å². The van der Waals surface area contributed by atoms with Gasteiger partial charge in [0.05, 0.1) is 17.7 Å². The number of para-hydroxylation sites is 1. The Labute approximate surface area is 209 Å². The molecule has 6 heteroatoms. The van der Waals surface area contributed by atoms with Crippen molar-refractivity contribution in [2.24, 2.45) is 0 Å². The summed E-state index contributed by atoms with van der Waals surface area (Å²) in [6.45, 7) is 7.80. The monoisotopic (exact) mass is 481 g/mol. The highest BCUT2D eigenvalue weighted by atomic mass is 16.5. The molecule has 1 unspecified atom stereocenters. The molecule has 1 amide bonds. The summed E-state index contributed by atoms with van der Waals surface area (Å²) < 4.78 is 11.7. The zero-order valence-electron chi connectivity index (χ0n) is 20.6. The first-order valence-corrected chi connectivity index (χ1v) is 11.9. The Bertz CT molecular complexity index is 1490. The van der Waals surface area contributed by atoms with Crippen LogP contribution in [0.25, 0.3) is 11.0 Å². The van der Waals surface area contributed by atoms with Crippen molar-refractivity contribution in [3.8, 4) is 5.75 Å². The van der Waals surface area contributed by atoms with Crippen LogP contribution in [0.3, 0.4) is 0 Å². The van der Waals surface area contributed by atoms with E-state index in [1.807, 2.05) is 82.3 Å². The van der Waals surface area contributed by atoms with Gasteiger partial charge in [-0.15, -0.1) is 0 Å². The highest BCUT2D eigenvalue weighted by molar-refractivity contribution is 6.20. The van der Waals surface area contributed by atoms with Crippen molar-refractivity contribution in [3.05, 3.63) is 107 Å². The minimum absolute atomic E-state index is 0.0287. The van der Waals surface area contributed by atoms with Gasteiger partial charge in [-0.1, -0.05) is 36.4 Å². The van der Waals surface area contributed by atoms with Crippen LogP contribution in [0.2, 0.25) is 0 Å². The summed E-state index contributed by atoms with van der Waals surface area (Å²) in [5.41, 5.74) is 3.82. The quantitative estimate of drug-likeness (QED) is 0.313. The van der Waals surface area contributed by atoms with E-state index < -0.39 is 23.5 Å². The molecule has 1 N–H and O–H groups in total. The number of carbonyl (C=O) groups is 2. The maximum Gasteiger partial charge on any atom is 0.294 e. The zero-order chi connectivity index (χ0) is 25.6. The van der Waals surface area contributed by atoms with Crippen LogP contribution in [0.5, 0.6) is 5.75 Å². The number of aliphatic hydroxyl groups excluding tert-OH is 1. The van der Waals surface area contributed by atoms with Crippen molar-refractivity contribution in [3.63, 3.8) is 0 Å². The van der Waals surface area contributed by atoms with E-state index in [-0.39, 0.29) is 17.4 Å². The van der Waals surface area contributed by atoms with Gasteiger partial charge in [-0.05, 0) is 80.8 Å². The van der Waals surface area contributed by atoms with E-state index in [1.165, 1.54) is 4.90 Å². The molecule has 0 aliphatic carbocycles. The number of hydrogen-bond donors (Lipinski definition) is 1. The lowest BCUT2D eigenvalue weighted by Gasteiger charge is -2.27. The van der Waals surface area contributed by atoms with E-state index in [4.69, 9.17) is 9.15 Å². The molecule has 2 heterocycles. The Morgan fingerprint density at radius 1 is 0.972 bits per heavy atom. The Balaban J connectivity index is 1.67. The van der Waals surface area contributed by atoms with Gasteiger partial charge in [0.25, 0.3) is 5.91 Å². The number of carbonyl (C=O) groups excluding carboxylic acids is 2. The third-order valence-electron chi connectivity index (χ3n) is 6.42. The van der Waals surface area contributed by atoms with Crippen LogP contribution in [0.15, 0.2) is 88.5 Å². The maximum absolute atomic E-state index is 13.8. The number of amides is 1. The molecule has 0 fully saturated rings. The Hall–Kier alpha value is -4.32. The van der Waals surface area contributed by atoms with Crippen LogP contribution >= 0.6 is 0 Å². The van der Waals surface area contributed by atoms with Crippen molar-refractivity contribution in [2.45, 2.75) is 39.8 Å². The first-order valence-electron chi connectivity index (χ1n) is 11.9. The second kappa shape index (κ2) is 9.04. The number of nitrogens with zero attached hydrogens (tertiary/aromatic N) is 1. The fraction of sp³-hybridized carbons (Fsp3) is 0.200. The number of ether oxygens (including phenoxy) is 1. The molecule has 0 saturated heterocycles. The summed E-state index contributed by atoms with van der Waals surface area (Å²) in [4.78, 5) is 28.7. The van der Waals surface area contributed by atoms with Gasteiger partial charge < -0.3 is 14.3 Å². The third kappa shape index (κ3) is 4.05. The molecule has 0 bridgehead atoms. The SMILES string of the molecule is Cc1ccc(N2C(=O)C(O)=C(C(=O)c3cc4ccccc4o3)C2c2cccc(OC(C)C)c2)cc1C. The molecule has 0 radical (unpaired) electrons. The van der Waals surface area contributed by atoms with E-state index in [9.17, 15) is 14.7 Å². The summed E-state index contributed by atoms with van der Waals surface area (Å²) in [5, 5.41) is 11.8. The summed E-state index contributed by atoms with van der Waals surface area (Å²) in [6, 6.07) is 20.9. The van der Waals surface area contributed by atoms with Crippen molar-refractivity contribution in [1.29, 1.82) is 0 Å². The number of furan rings is 1. The standard InChI is InChI=1S/C30H27NO5/c1-17(2)35-23-10-7-9-21(15-23)27-26(28(32)25-16-20-8-5-6-11-24(20)36-25)29(33)30(34)31(27)22-13-12-18(3)19(4)14-22/h5-17,27,33H,1-4H3. The highest BCUT2D eigenvalue weighted by Crippen LogP contribution is 2.43. The van der Waals surface area contributed by atoms with E-state index in [2.05, 4.69) is 0 Å². The molecule has 1 aliphatic rings. The number of aryl methyl sites for hydroxylation is 2. The fourth-order valence-electron chi connectivity index (χ4n) is 4.55. The molecular weight excluding hydrogens is 454 g/mol. The maximum atomic E-state index is 13.8. The van der Waals surface area contributed by atoms with Gasteiger partial charge in [-0.3, -0.25) is 14.5 Å². The molecule has 182 valence electrons. The van der Waals surface area contributed by atoms with Gasteiger partial charge >= 0.3 is 0 Å². The van der Waals surface area contributed by atoms with Crippen LogP contribution in [-0.2, 0) is 4.79 Å². The number of aliphatic hydroxyl groups is 1.